The maximum Gasteiger partial charge on any atom is 0.217 e. The van der Waals surface area contributed by atoms with Gasteiger partial charge in [0, 0.05) is 35.9 Å². The highest BCUT2D eigenvalue weighted by Crippen LogP contribution is 2.26. The molecule has 1 fully saturated rings. The van der Waals surface area contributed by atoms with Gasteiger partial charge in [-0.1, -0.05) is 0 Å². The fourth-order valence-corrected chi connectivity index (χ4v) is 2.08. The van der Waals surface area contributed by atoms with Crippen molar-refractivity contribution in [3.8, 4) is 5.88 Å². The first kappa shape index (κ1) is 10.9. The SMILES string of the molecule is COc1ncc(Br)cc1[C@H]1CNCCN1. The Morgan fingerprint density at radius 3 is 3.07 bits per heavy atom. The highest BCUT2D eigenvalue weighted by molar-refractivity contribution is 9.10. The number of hydrogen-bond acceptors (Lipinski definition) is 4. The maximum absolute atomic E-state index is 5.25. The lowest BCUT2D eigenvalue weighted by molar-refractivity contribution is 0.368. The molecule has 0 aliphatic carbocycles. The van der Waals surface area contributed by atoms with Crippen molar-refractivity contribution in [3.63, 3.8) is 0 Å². The van der Waals surface area contributed by atoms with Gasteiger partial charge in [-0.25, -0.2) is 4.98 Å². The van der Waals surface area contributed by atoms with Crippen molar-refractivity contribution >= 4 is 15.9 Å². The number of ether oxygens (including phenoxy) is 1. The van der Waals surface area contributed by atoms with Gasteiger partial charge < -0.3 is 15.4 Å². The molecule has 0 aromatic carbocycles. The molecule has 0 radical (unpaired) electrons. The lowest BCUT2D eigenvalue weighted by Gasteiger charge is -2.25. The molecular weight excluding hydrogens is 258 g/mol. The van der Waals surface area contributed by atoms with Crippen LogP contribution in [0, 0.1) is 0 Å². The van der Waals surface area contributed by atoms with E-state index in [9.17, 15) is 0 Å². The number of nitrogens with one attached hydrogen (secondary N) is 2. The van der Waals surface area contributed by atoms with Gasteiger partial charge >= 0.3 is 0 Å². The topological polar surface area (TPSA) is 46.2 Å². The zero-order valence-corrected chi connectivity index (χ0v) is 10.2. The molecule has 1 aromatic rings. The molecule has 0 saturated carbocycles. The van der Waals surface area contributed by atoms with Crippen LogP contribution >= 0.6 is 15.9 Å². The molecule has 1 aromatic heterocycles. The molecule has 1 saturated heterocycles. The molecule has 2 N–H and O–H groups in total. The summed E-state index contributed by atoms with van der Waals surface area (Å²) in [6.45, 7) is 2.90. The van der Waals surface area contributed by atoms with Crippen LogP contribution in [-0.4, -0.2) is 31.7 Å². The van der Waals surface area contributed by atoms with Gasteiger partial charge in [0.25, 0.3) is 0 Å². The predicted molar refractivity (Wildman–Crippen MR) is 62.1 cm³/mol. The molecule has 2 rings (SSSR count). The number of methoxy groups -OCH3 is 1. The first-order chi connectivity index (χ1) is 7.31. The quantitative estimate of drug-likeness (QED) is 0.846. The van der Waals surface area contributed by atoms with E-state index in [2.05, 4.69) is 37.6 Å². The Balaban J connectivity index is 2.27. The maximum atomic E-state index is 5.25. The van der Waals surface area contributed by atoms with Gasteiger partial charge in [0.1, 0.15) is 0 Å². The largest absolute Gasteiger partial charge is 0.481 e. The van der Waals surface area contributed by atoms with Gasteiger partial charge in [0.05, 0.1) is 13.2 Å². The van der Waals surface area contributed by atoms with E-state index in [1.54, 1.807) is 13.3 Å². The van der Waals surface area contributed by atoms with Crippen LogP contribution in [-0.2, 0) is 0 Å². The van der Waals surface area contributed by atoms with Crippen molar-refractivity contribution in [2.45, 2.75) is 6.04 Å². The fourth-order valence-electron chi connectivity index (χ4n) is 1.74. The zero-order valence-electron chi connectivity index (χ0n) is 8.59. The number of pyridine rings is 1. The van der Waals surface area contributed by atoms with Gasteiger partial charge in [-0.2, -0.15) is 0 Å². The van der Waals surface area contributed by atoms with Crippen LogP contribution in [0.4, 0.5) is 0 Å². The minimum absolute atomic E-state index is 0.277. The Bertz CT molecular complexity index is 339. The van der Waals surface area contributed by atoms with E-state index in [0.29, 0.717) is 5.88 Å². The summed E-state index contributed by atoms with van der Waals surface area (Å²) in [7, 11) is 1.65. The van der Waals surface area contributed by atoms with Crippen LogP contribution in [0.2, 0.25) is 0 Å². The summed E-state index contributed by atoms with van der Waals surface area (Å²) in [5, 5.41) is 6.78. The van der Waals surface area contributed by atoms with Crippen molar-refractivity contribution < 1.29 is 4.74 Å². The van der Waals surface area contributed by atoms with Crippen LogP contribution in [0.1, 0.15) is 11.6 Å². The predicted octanol–water partition coefficient (Wildman–Crippen LogP) is 1.09. The molecule has 0 bridgehead atoms. The summed E-state index contributed by atoms with van der Waals surface area (Å²) in [5.74, 6) is 0.694. The second-order valence-electron chi connectivity index (χ2n) is 3.46. The standard InChI is InChI=1S/C10H14BrN3O/c1-15-10-8(4-7(11)5-14-10)9-6-12-2-3-13-9/h4-5,9,12-13H,2-3,6H2,1H3/t9-/m1/s1. The number of halogens is 1. The summed E-state index contributed by atoms with van der Waals surface area (Å²) >= 11 is 3.43. The minimum Gasteiger partial charge on any atom is -0.481 e. The van der Waals surface area contributed by atoms with Crippen LogP contribution in [0.25, 0.3) is 0 Å². The smallest absolute Gasteiger partial charge is 0.217 e. The second-order valence-corrected chi connectivity index (χ2v) is 4.38. The van der Waals surface area contributed by atoms with Crippen LogP contribution in [0.3, 0.4) is 0 Å². The Hall–Kier alpha value is -0.650. The van der Waals surface area contributed by atoms with Crippen molar-refractivity contribution in [2.24, 2.45) is 0 Å². The molecule has 0 unspecified atom stereocenters. The van der Waals surface area contributed by atoms with E-state index >= 15 is 0 Å². The Labute approximate surface area is 97.6 Å². The van der Waals surface area contributed by atoms with E-state index in [1.165, 1.54) is 0 Å². The summed E-state index contributed by atoms with van der Waals surface area (Å²) in [5.41, 5.74) is 1.10. The highest BCUT2D eigenvalue weighted by atomic mass is 79.9. The molecule has 1 aliphatic heterocycles. The number of hydrogen-bond donors (Lipinski definition) is 2. The monoisotopic (exact) mass is 271 g/mol. The Morgan fingerprint density at radius 2 is 2.40 bits per heavy atom. The molecular formula is C10H14BrN3O. The highest BCUT2D eigenvalue weighted by Gasteiger charge is 2.19. The average molecular weight is 272 g/mol. The lowest BCUT2D eigenvalue weighted by atomic mass is 10.1. The van der Waals surface area contributed by atoms with Crippen LogP contribution < -0.4 is 15.4 Å². The molecule has 2 heterocycles. The first-order valence-corrected chi connectivity index (χ1v) is 5.74. The van der Waals surface area contributed by atoms with Crippen molar-refractivity contribution in [1.82, 2.24) is 15.6 Å². The lowest BCUT2D eigenvalue weighted by Crippen LogP contribution is -2.42. The summed E-state index contributed by atoms with van der Waals surface area (Å²) < 4.78 is 6.23. The summed E-state index contributed by atoms with van der Waals surface area (Å²) in [6.07, 6.45) is 1.75. The summed E-state index contributed by atoms with van der Waals surface area (Å²) in [6, 6.07) is 2.33. The van der Waals surface area contributed by atoms with E-state index in [4.69, 9.17) is 4.74 Å². The number of piperazine rings is 1. The van der Waals surface area contributed by atoms with Crippen molar-refractivity contribution in [3.05, 3.63) is 22.3 Å². The van der Waals surface area contributed by atoms with Gasteiger partial charge in [0.15, 0.2) is 0 Å². The summed E-state index contributed by atoms with van der Waals surface area (Å²) in [4.78, 5) is 4.24. The Kier molecular flexibility index (Phi) is 3.56. The Morgan fingerprint density at radius 1 is 1.53 bits per heavy atom. The molecule has 1 atom stereocenters. The average Bonchev–Trinajstić information content (AvgIpc) is 2.30. The third-order valence-corrected chi connectivity index (χ3v) is 2.89. The van der Waals surface area contributed by atoms with Gasteiger partial charge in [-0.05, 0) is 22.0 Å². The minimum atomic E-state index is 0.277. The molecule has 1 aliphatic rings. The third-order valence-electron chi connectivity index (χ3n) is 2.46. The van der Waals surface area contributed by atoms with E-state index < -0.39 is 0 Å². The molecule has 15 heavy (non-hydrogen) atoms. The van der Waals surface area contributed by atoms with Gasteiger partial charge in [0.2, 0.25) is 5.88 Å². The van der Waals surface area contributed by atoms with Gasteiger partial charge in [-0.3, -0.25) is 0 Å². The first-order valence-electron chi connectivity index (χ1n) is 4.95. The van der Waals surface area contributed by atoms with E-state index in [-0.39, 0.29) is 6.04 Å². The normalized spacial score (nSPS) is 21.3. The third kappa shape index (κ3) is 2.48. The molecule has 0 amide bonds. The van der Waals surface area contributed by atoms with Crippen molar-refractivity contribution in [1.29, 1.82) is 0 Å². The fraction of sp³-hybridized carbons (Fsp3) is 0.500. The number of nitrogens with zero attached hydrogens (tertiary/aromatic N) is 1. The second kappa shape index (κ2) is 4.92. The molecule has 82 valence electrons. The van der Waals surface area contributed by atoms with E-state index in [1.807, 2.05) is 0 Å². The van der Waals surface area contributed by atoms with Crippen LogP contribution in [0.15, 0.2) is 16.7 Å². The number of rotatable bonds is 2. The molecule has 4 nitrogen and oxygen atoms in total. The van der Waals surface area contributed by atoms with Crippen LogP contribution in [0.5, 0.6) is 5.88 Å². The molecule has 0 spiro atoms. The molecule has 5 heteroatoms. The van der Waals surface area contributed by atoms with Crippen molar-refractivity contribution in [2.75, 3.05) is 26.7 Å². The van der Waals surface area contributed by atoms with Gasteiger partial charge in [-0.15, -0.1) is 0 Å². The number of aromatic nitrogens is 1. The zero-order chi connectivity index (χ0) is 10.7. The van der Waals surface area contributed by atoms with E-state index in [0.717, 1.165) is 29.7 Å².